The number of hydrogen-bond donors (Lipinski definition) is 1. The molecule has 146 valence electrons. The van der Waals surface area contributed by atoms with Gasteiger partial charge in [0.1, 0.15) is 5.58 Å². The average Bonchev–Trinajstić information content (AvgIpc) is 3.07. The first kappa shape index (κ1) is 19.3. The summed E-state index contributed by atoms with van der Waals surface area (Å²) in [6, 6.07) is 12.7. The topological polar surface area (TPSA) is 87.0 Å². The lowest BCUT2D eigenvalue weighted by atomic mass is 10.1. The van der Waals surface area contributed by atoms with Crippen LogP contribution in [0.5, 0.6) is 11.5 Å². The molecule has 2 aromatic carbocycles. The van der Waals surface area contributed by atoms with Crippen LogP contribution < -0.4 is 14.8 Å². The van der Waals surface area contributed by atoms with E-state index in [1.165, 1.54) is 0 Å². The molecule has 0 aliphatic heterocycles. The molecule has 1 heterocycles. The molecule has 0 spiro atoms. The van der Waals surface area contributed by atoms with Crippen LogP contribution in [0.3, 0.4) is 0 Å². The number of nitrogens with one attached hydrogen (secondary N) is 1. The number of esters is 1. The van der Waals surface area contributed by atoms with Crippen LogP contribution in [0.2, 0.25) is 0 Å². The van der Waals surface area contributed by atoms with Gasteiger partial charge in [0.15, 0.2) is 18.1 Å². The summed E-state index contributed by atoms with van der Waals surface area (Å²) in [6.45, 7) is 1.64. The van der Waals surface area contributed by atoms with Gasteiger partial charge in [-0.2, -0.15) is 0 Å². The molecular formula is C21H21NO6. The summed E-state index contributed by atoms with van der Waals surface area (Å²) < 4.78 is 21.0. The Morgan fingerprint density at radius 3 is 2.50 bits per heavy atom. The Hall–Kier alpha value is -3.48. The number of hydrogen-bond acceptors (Lipinski definition) is 6. The molecule has 0 fully saturated rings. The monoisotopic (exact) mass is 383 g/mol. The molecule has 1 aromatic heterocycles. The number of carbonyl (C=O) groups is 2. The van der Waals surface area contributed by atoms with Crippen LogP contribution in [0.1, 0.15) is 21.7 Å². The second-order valence-corrected chi connectivity index (χ2v) is 6.09. The summed E-state index contributed by atoms with van der Waals surface area (Å²) in [6.07, 6.45) is 0. The second-order valence-electron chi connectivity index (χ2n) is 6.09. The number of ether oxygens (including phenoxy) is 3. The fraction of sp³-hybridized carbons (Fsp3) is 0.238. The van der Waals surface area contributed by atoms with Gasteiger partial charge < -0.3 is 23.9 Å². The molecular weight excluding hydrogens is 362 g/mol. The Morgan fingerprint density at radius 1 is 1.04 bits per heavy atom. The van der Waals surface area contributed by atoms with Crippen molar-refractivity contribution in [3.63, 3.8) is 0 Å². The highest BCUT2D eigenvalue weighted by molar-refractivity contribution is 5.96. The van der Waals surface area contributed by atoms with Gasteiger partial charge in [-0.3, -0.25) is 4.79 Å². The van der Waals surface area contributed by atoms with Crippen molar-refractivity contribution < 1.29 is 28.2 Å². The second kappa shape index (κ2) is 8.47. The largest absolute Gasteiger partial charge is 0.493 e. The van der Waals surface area contributed by atoms with Gasteiger partial charge in [0.05, 0.1) is 14.2 Å². The molecule has 1 amide bonds. The molecule has 3 rings (SSSR count). The predicted octanol–water partition coefficient (Wildman–Crippen LogP) is 3.23. The number of furan rings is 1. The lowest BCUT2D eigenvalue weighted by Gasteiger charge is -2.10. The maximum Gasteiger partial charge on any atom is 0.375 e. The molecule has 1 N–H and O–H groups in total. The Morgan fingerprint density at radius 2 is 1.79 bits per heavy atom. The maximum atomic E-state index is 12.2. The van der Waals surface area contributed by atoms with E-state index in [1.54, 1.807) is 39.3 Å². The van der Waals surface area contributed by atoms with Gasteiger partial charge in [-0.1, -0.05) is 24.3 Å². The summed E-state index contributed by atoms with van der Waals surface area (Å²) in [4.78, 5) is 24.3. The van der Waals surface area contributed by atoms with Crippen molar-refractivity contribution in [3.8, 4) is 11.5 Å². The maximum absolute atomic E-state index is 12.2. The molecule has 0 saturated heterocycles. The Balaban J connectivity index is 1.55. The van der Waals surface area contributed by atoms with E-state index < -0.39 is 18.5 Å². The molecule has 7 nitrogen and oxygen atoms in total. The minimum Gasteiger partial charge on any atom is -0.493 e. The van der Waals surface area contributed by atoms with Gasteiger partial charge in [-0.05, 0) is 30.7 Å². The molecule has 0 aliphatic carbocycles. The van der Waals surface area contributed by atoms with Crippen molar-refractivity contribution in [1.29, 1.82) is 0 Å². The number of rotatable bonds is 7. The van der Waals surface area contributed by atoms with Gasteiger partial charge in [0.2, 0.25) is 5.76 Å². The number of aryl methyl sites for hydroxylation is 1. The van der Waals surface area contributed by atoms with Crippen LogP contribution in [0.4, 0.5) is 0 Å². The normalized spacial score (nSPS) is 10.5. The quantitative estimate of drug-likeness (QED) is 0.631. The lowest BCUT2D eigenvalue weighted by molar-refractivity contribution is -0.124. The summed E-state index contributed by atoms with van der Waals surface area (Å²) in [7, 11) is 3.09. The van der Waals surface area contributed by atoms with Crippen molar-refractivity contribution in [2.75, 3.05) is 20.8 Å². The zero-order valence-corrected chi connectivity index (χ0v) is 15.9. The van der Waals surface area contributed by atoms with Gasteiger partial charge in [0, 0.05) is 17.5 Å². The van der Waals surface area contributed by atoms with Crippen molar-refractivity contribution in [2.24, 2.45) is 0 Å². The fourth-order valence-electron chi connectivity index (χ4n) is 2.81. The predicted molar refractivity (Wildman–Crippen MR) is 103 cm³/mol. The smallest absolute Gasteiger partial charge is 0.375 e. The zero-order chi connectivity index (χ0) is 20.1. The Labute approximate surface area is 162 Å². The molecule has 0 unspecified atom stereocenters. The van der Waals surface area contributed by atoms with E-state index in [9.17, 15) is 9.59 Å². The van der Waals surface area contributed by atoms with Crippen molar-refractivity contribution in [3.05, 3.63) is 59.4 Å². The lowest BCUT2D eigenvalue weighted by Crippen LogP contribution is -2.28. The molecule has 0 saturated carbocycles. The Bertz CT molecular complexity index is 1010. The molecule has 0 aliphatic rings. The van der Waals surface area contributed by atoms with E-state index >= 15 is 0 Å². The number of benzene rings is 2. The molecule has 0 bridgehead atoms. The third kappa shape index (κ3) is 4.09. The number of carbonyl (C=O) groups excluding carboxylic acids is 2. The summed E-state index contributed by atoms with van der Waals surface area (Å²) in [5.41, 5.74) is 2.11. The van der Waals surface area contributed by atoms with Crippen LogP contribution in [0.15, 0.2) is 46.9 Å². The summed E-state index contributed by atoms with van der Waals surface area (Å²) >= 11 is 0. The zero-order valence-electron chi connectivity index (χ0n) is 15.9. The number of methoxy groups -OCH3 is 2. The number of fused-ring (bicyclic) bond motifs is 1. The van der Waals surface area contributed by atoms with Gasteiger partial charge in [0.25, 0.3) is 5.91 Å². The Kier molecular flexibility index (Phi) is 5.84. The summed E-state index contributed by atoms with van der Waals surface area (Å²) in [5.74, 6) is 0.189. The highest BCUT2D eigenvalue weighted by atomic mass is 16.5. The van der Waals surface area contributed by atoms with Crippen LogP contribution >= 0.6 is 0 Å². The minimum atomic E-state index is -0.671. The van der Waals surface area contributed by atoms with Crippen LogP contribution in [-0.2, 0) is 16.1 Å². The first-order chi connectivity index (χ1) is 13.5. The van der Waals surface area contributed by atoms with Crippen LogP contribution in [0.25, 0.3) is 11.0 Å². The van der Waals surface area contributed by atoms with E-state index in [-0.39, 0.29) is 12.3 Å². The highest BCUT2D eigenvalue weighted by Gasteiger charge is 2.19. The molecule has 0 atom stereocenters. The van der Waals surface area contributed by atoms with Crippen LogP contribution in [-0.4, -0.2) is 32.7 Å². The van der Waals surface area contributed by atoms with Crippen molar-refractivity contribution in [1.82, 2.24) is 5.32 Å². The van der Waals surface area contributed by atoms with Gasteiger partial charge in [-0.25, -0.2) is 4.79 Å². The first-order valence-electron chi connectivity index (χ1n) is 8.66. The SMILES string of the molecule is COc1ccc(CNC(=O)COC(=O)c2oc3ccccc3c2C)cc1OC. The van der Waals surface area contributed by atoms with E-state index in [1.807, 2.05) is 24.3 Å². The molecule has 28 heavy (non-hydrogen) atoms. The van der Waals surface area contributed by atoms with Gasteiger partial charge >= 0.3 is 5.97 Å². The highest BCUT2D eigenvalue weighted by Crippen LogP contribution is 2.27. The number of amides is 1. The average molecular weight is 383 g/mol. The minimum absolute atomic E-state index is 0.105. The van der Waals surface area contributed by atoms with E-state index in [0.717, 1.165) is 10.9 Å². The van der Waals surface area contributed by atoms with Crippen molar-refractivity contribution >= 4 is 22.8 Å². The fourth-order valence-corrected chi connectivity index (χ4v) is 2.81. The van der Waals surface area contributed by atoms with Crippen molar-refractivity contribution in [2.45, 2.75) is 13.5 Å². The summed E-state index contributed by atoms with van der Waals surface area (Å²) in [5, 5.41) is 3.53. The van der Waals surface area contributed by atoms with Crippen LogP contribution in [0, 0.1) is 6.92 Å². The standard InChI is InChI=1S/C21H21NO6/c1-13-15-6-4-5-7-16(15)28-20(13)21(24)27-12-19(23)22-11-14-8-9-17(25-2)18(10-14)26-3/h4-10H,11-12H2,1-3H3,(H,22,23). The van der Waals surface area contributed by atoms with Gasteiger partial charge in [-0.15, -0.1) is 0 Å². The third-order valence-corrected chi connectivity index (χ3v) is 4.30. The first-order valence-corrected chi connectivity index (χ1v) is 8.66. The molecule has 3 aromatic rings. The molecule has 7 heteroatoms. The number of para-hydroxylation sites is 1. The van der Waals surface area contributed by atoms with E-state index in [2.05, 4.69) is 5.32 Å². The molecule has 0 radical (unpaired) electrons. The third-order valence-electron chi connectivity index (χ3n) is 4.30. The van der Waals surface area contributed by atoms with E-state index in [4.69, 9.17) is 18.6 Å². The van der Waals surface area contributed by atoms with E-state index in [0.29, 0.717) is 22.6 Å².